The van der Waals surface area contributed by atoms with Gasteiger partial charge in [-0.15, -0.1) is 0 Å². The first-order chi connectivity index (χ1) is 6.70. The van der Waals surface area contributed by atoms with Crippen molar-refractivity contribution in [3.8, 4) is 0 Å². The van der Waals surface area contributed by atoms with Crippen molar-refractivity contribution in [1.29, 1.82) is 0 Å². The molecule has 0 bridgehead atoms. The van der Waals surface area contributed by atoms with Crippen molar-refractivity contribution in [3.05, 3.63) is 0 Å². The number of thioether (sulfide) groups is 1. The van der Waals surface area contributed by atoms with Crippen LogP contribution in [0.15, 0.2) is 0 Å². The Morgan fingerprint density at radius 3 is 2.64 bits per heavy atom. The molecule has 1 unspecified atom stereocenters. The summed E-state index contributed by atoms with van der Waals surface area (Å²) >= 11 is 1.96. The molecule has 2 rings (SSSR count). The lowest BCUT2D eigenvalue weighted by atomic mass is 9.96. The van der Waals surface area contributed by atoms with E-state index in [4.69, 9.17) is 0 Å². The maximum atomic E-state index is 10.2. The highest BCUT2D eigenvalue weighted by molar-refractivity contribution is 7.99. The maximum Gasteiger partial charge on any atom is 0.0787 e. The Kier molecular flexibility index (Phi) is 3.40. The largest absolute Gasteiger partial charge is 0.389 e. The van der Waals surface area contributed by atoms with Crippen LogP contribution in [0.4, 0.5) is 0 Å². The molecule has 0 aromatic carbocycles. The summed E-state index contributed by atoms with van der Waals surface area (Å²) in [6.45, 7) is 3.05. The van der Waals surface area contributed by atoms with Crippen molar-refractivity contribution >= 4 is 11.8 Å². The molecule has 0 amide bonds. The van der Waals surface area contributed by atoms with Crippen molar-refractivity contribution in [2.24, 2.45) is 5.92 Å². The van der Waals surface area contributed by atoms with Crippen LogP contribution < -0.4 is 5.32 Å². The van der Waals surface area contributed by atoms with Crippen molar-refractivity contribution in [3.63, 3.8) is 0 Å². The van der Waals surface area contributed by atoms with E-state index < -0.39 is 5.60 Å². The van der Waals surface area contributed by atoms with E-state index in [1.165, 1.54) is 12.8 Å². The molecule has 2 aliphatic rings. The van der Waals surface area contributed by atoms with Gasteiger partial charge in [-0.1, -0.05) is 0 Å². The third kappa shape index (κ3) is 2.88. The molecule has 1 saturated carbocycles. The second-order valence-corrected chi connectivity index (χ2v) is 6.07. The van der Waals surface area contributed by atoms with Crippen LogP contribution in [0.25, 0.3) is 0 Å². The Bertz CT molecular complexity index is 188. The molecule has 2 nitrogen and oxygen atoms in total. The fourth-order valence-electron chi connectivity index (χ4n) is 2.04. The summed E-state index contributed by atoms with van der Waals surface area (Å²) < 4.78 is 0. The van der Waals surface area contributed by atoms with Gasteiger partial charge in [0.2, 0.25) is 0 Å². The second kappa shape index (κ2) is 4.42. The molecule has 0 aromatic heterocycles. The Morgan fingerprint density at radius 2 is 2.07 bits per heavy atom. The summed E-state index contributed by atoms with van der Waals surface area (Å²) in [6, 6.07) is 0.605. The molecule has 1 aliphatic carbocycles. The lowest BCUT2D eigenvalue weighted by Crippen LogP contribution is -2.46. The van der Waals surface area contributed by atoms with Gasteiger partial charge in [0.05, 0.1) is 5.60 Å². The third-order valence-electron chi connectivity index (χ3n) is 3.51. The Balaban J connectivity index is 1.71. The van der Waals surface area contributed by atoms with Crippen molar-refractivity contribution < 1.29 is 5.11 Å². The van der Waals surface area contributed by atoms with Crippen LogP contribution in [0.2, 0.25) is 0 Å². The molecule has 1 heterocycles. The predicted molar refractivity (Wildman–Crippen MR) is 61.7 cm³/mol. The Labute approximate surface area is 90.8 Å². The Morgan fingerprint density at radius 1 is 1.43 bits per heavy atom. The molecule has 1 atom stereocenters. The van der Waals surface area contributed by atoms with E-state index in [1.54, 1.807) is 0 Å². The summed E-state index contributed by atoms with van der Waals surface area (Å²) in [6.07, 6.45) is 4.68. The van der Waals surface area contributed by atoms with E-state index in [1.807, 2.05) is 11.8 Å². The lowest BCUT2D eigenvalue weighted by Gasteiger charge is -2.33. The SMILES string of the molecule is CC(NCC1(O)CCSCC1)C1CC1. The number of rotatable bonds is 4. The highest BCUT2D eigenvalue weighted by Gasteiger charge is 2.32. The summed E-state index contributed by atoms with van der Waals surface area (Å²) in [4.78, 5) is 0. The van der Waals surface area contributed by atoms with Gasteiger partial charge in [0.25, 0.3) is 0 Å². The number of nitrogens with one attached hydrogen (secondary N) is 1. The van der Waals surface area contributed by atoms with E-state index in [0.717, 1.165) is 36.8 Å². The molecule has 0 aromatic rings. The standard InChI is InChI=1S/C11H21NOS/c1-9(10-2-3-10)12-8-11(13)4-6-14-7-5-11/h9-10,12-13H,2-8H2,1H3. The monoisotopic (exact) mass is 215 g/mol. The first kappa shape index (κ1) is 10.8. The number of hydrogen-bond donors (Lipinski definition) is 2. The summed E-state index contributed by atoms with van der Waals surface area (Å²) in [7, 11) is 0. The number of aliphatic hydroxyl groups is 1. The molecular formula is C11H21NOS. The fraction of sp³-hybridized carbons (Fsp3) is 1.00. The summed E-state index contributed by atoms with van der Waals surface area (Å²) in [5.74, 6) is 3.13. The van der Waals surface area contributed by atoms with E-state index in [0.29, 0.717) is 6.04 Å². The average Bonchev–Trinajstić information content (AvgIpc) is 2.99. The van der Waals surface area contributed by atoms with Gasteiger partial charge in [0, 0.05) is 12.6 Å². The quantitative estimate of drug-likeness (QED) is 0.747. The Hall–Kier alpha value is 0.270. The molecule has 2 fully saturated rings. The molecular weight excluding hydrogens is 194 g/mol. The van der Waals surface area contributed by atoms with Gasteiger partial charge in [0.1, 0.15) is 0 Å². The van der Waals surface area contributed by atoms with E-state index in [2.05, 4.69) is 12.2 Å². The van der Waals surface area contributed by atoms with Gasteiger partial charge in [-0.25, -0.2) is 0 Å². The maximum absolute atomic E-state index is 10.2. The van der Waals surface area contributed by atoms with Crippen LogP contribution in [0.1, 0.15) is 32.6 Å². The molecule has 2 N–H and O–H groups in total. The normalized spacial score (nSPS) is 28.7. The van der Waals surface area contributed by atoms with Crippen LogP contribution in [0, 0.1) is 5.92 Å². The third-order valence-corrected chi connectivity index (χ3v) is 4.49. The van der Waals surface area contributed by atoms with Gasteiger partial charge in [-0.3, -0.25) is 0 Å². The van der Waals surface area contributed by atoms with Crippen LogP contribution in [0.5, 0.6) is 0 Å². The van der Waals surface area contributed by atoms with Crippen molar-refractivity contribution in [1.82, 2.24) is 5.32 Å². The van der Waals surface area contributed by atoms with E-state index in [9.17, 15) is 5.11 Å². The number of hydrogen-bond acceptors (Lipinski definition) is 3. The predicted octanol–water partition coefficient (Wildman–Crippen LogP) is 1.63. The highest BCUT2D eigenvalue weighted by Crippen LogP contribution is 2.33. The molecule has 14 heavy (non-hydrogen) atoms. The van der Waals surface area contributed by atoms with Gasteiger partial charge >= 0.3 is 0 Å². The zero-order valence-electron chi connectivity index (χ0n) is 8.96. The first-order valence-electron chi connectivity index (χ1n) is 5.73. The van der Waals surface area contributed by atoms with E-state index >= 15 is 0 Å². The van der Waals surface area contributed by atoms with Crippen LogP contribution in [-0.4, -0.2) is 34.8 Å². The minimum atomic E-state index is -0.408. The van der Waals surface area contributed by atoms with E-state index in [-0.39, 0.29) is 0 Å². The van der Waals surface area contributed by atoms with Crippen molar-refractivity contribution in [2.75, 3.05) is 18.1 Å². The van der Waals surface area contributed by atoms with Gasteiger partial charge in [0.15, 0.2) is 0 Å². The fourth-order valence-corrected chi connectivity index (χ4v) is 3.29. The summed E-state index contributed by atoms with van der Waals surface area (Å²) in [5, 5.41) is 13.7. The molecule has 0 radical (unpaired) electrons. The topological polar surface area (TPSA) is 32.3 Å². The van der Waals surface area contributed by atoms with Gasteiger partial charge in [-0.2, -0.15) is 11.8 Å². The molecule has 1 saturated heterocycles. The minimum Gasteiger partial charge on any atom is -0.389 e. The average molecular weight is 215 g/mol. The molecule has 3 heteroatoms. The summed E-state index contributed by atoms with van der Waals surface area (Å²) in [5.41, 5.74) is -0.408. The smallest absolute Gasteiger partial charge is 0.0787 e. The molecule has 82 valence electrons. The molecule has 1 aliphatic heterocycles. The lowest BCUT2D eigenvalue weighted by molar-refractivity contribution is 0.0295. The van der Waals surface area contributed by atoms with Crippen LogP contribution in [-0.2, 0) is 0 Å². The zero-order valence-corrected chi connectivity index (χ0v) is 9.78. The van der Waals surface area contributed by atoms with Crippen LogP contribution >= 0.6 is 11.8 Å². The molecule has 0 spiro atoms. The van der Waals surface area contributed by atoms with Gasteiger partial charge in [-0.05, 0) is 50.0 Å². The first-order valence-corrected chi connectivity index (χ1v) is 6.89. The second-order valence-electron chi connectivity index (χ2n) is 4.84. The minimum absolute atomic E-state index is 0.408. The zero-order chi connectivity index (χ0) is 10.0. The van der Waals surface area contributed by atoms with Gasteiger partial charge < -0.3 is 10.4 Å². The van der Waals surface area contributed by atoms with Crippen LogP contribution in [0.3, 0.4) is 0 Å². The highest BCUT2D eigenvalue weighted by atomic mass is 32.2. The van der Waals surface area contributed by atoms with Crippen molar-refractivity contribution in [2.45, 2.75) is 44.2 Å².